The summed E-state index contributed by atoms with van der Waals surface area (Å²) in [7, 11) is 1.92. The Kier molecular flexibility index (Phi) is 4.93. The highest BCUT2D eigenvalue weighted by Gasteiger charge is 2.05. The van der Waals surface area contributed by atoms with Gasteiger partial charge < -0.3 is 10.1 Å². The van der Waals surface area contributed by atoms with E-state index in [1.807, 2.05) is 36.4 Å². The van der Waals surface area contributed by atoms with Crippen LogP contribution in [0.4, 0.5) is 0 Å². The van der Waals surface area contributed by atoms with E-state index in [1.54, 1.807) is 0 Å². The number of allylic oxidation sites excluding steroid dienone is 2. The molecular weight excluding hydrogens is 255 g/mol. The van der Waals surface area contributed by atoms with Gasteiger partial charge in [0.2, 0.25) is 0 Å². The van der Waals surface area contributed by atoms with Crippen LogP contribution in [-0.2, 0) is 0 Å². The zero-order valence-corrected chi connectivity index (χ0v) is 8.54. The van der Waals surface area contributed by atoms with Crippen LogP contribution in [0.15, 0.2) is 29.6 Å². The summed E-state index contributed by atoms with van der Waals surface area (Å²) in [5, 5.41) is 11.2. The standard InChI is InChI=1S/C7H10N2O.HI/c1-9-5-3-2-4-7(9)6-8-10;/h2-7,10H,1H3;1H. The molecule has 1 rings (SSSR count). The Morgan fingerprint density at radius 1 is 1.55 bits per heavy atom. The van der Waals surface area contributed by atoms with Crippen LogP contribution in [0.25, 0.3) is 0 Å². The van der Waals surface area contributed by atoms with Crippen LogP contribution in [0.5, 0.6) is 0 Å². The third kappa shape index (κ3) is 2.92. The lowest BCUT2D eigenvalue weighted by molar-refractivity contribution is 0.316. The molecule has 1 N–H and O–H groups in total. The number of likely N-dealkylation sites (N-methyl/N-ethyl adjacent to an activating group) is 1. The predicted octanol–water partition coefficient (Wildman–Crippen LogP) is 1.45. The minimum absolute atomic E-state index is 0. The average Bonchev–Trinajstić information content (AvgIpc) is 1.94. The summed E-state index contributed by atoms with van der Waals surface area (Å²) in [5.74, 6) is 0. The first kappa shape index (κ1) is 10.5. The summed E-state index contributed by atoms with van der Waals surface area (Å²) in [6, 6.07) is 0.0926. The highest BCUT2D eigenvalue weighted by Crippen LogP contribution is 2.02. The average molecular weight is 266 g/mol. The van der Waals surface area contributed by atoms with E-state index in [9.17, 15) is 0 Å². The number of oxime groups is 1. The molecule has 0 aromatic rings. The van der Waals surface area contributed by atoms with Crippen molar-refractivity contribution < 1.29 is 5.21 Å². The Morgan fingerprint density at radius 2 is 2.27 bits per heavy atom. The van der Waals surface area contributed by atoms with Gasteiger partial charge in [-0.1, -0.05) is 17.3 Å². The van der Waals surface area contributed by atoms with Crippen molar-refractivity contribution in [3.8, 4) is 0 Å². The molecule has 0 bridgehead atoms. The van der Waals surface area contributed by atoms with Crippen molar-refractivity contribution in [3.63, 3.8) is 0 Å². The lowest BCUT2D eigenvalue weighted by Gasteiger charge is -2.21. The van der Waals surface area contributed by atoms with Crippen LogP contribution < -0.4 is 0 Å². The second-order valence-corrected chi connectivity index (χ2v) is 2.15. The van der Waals surface area contributed by atoms with Gasteiger partial charge in [-0.25, -0.2) is 0 Å². The molecule has 0 saturated heterocycles. The minimum atomic E-state index is 0. The molecule has 0 saturated carbocycles. The van der Waals surface area contributed by atoms with Gasteiger partial charge in [0.1, 0.15) is 0 Å². The predicted molar refractivity (Wildman–Crippen MR) is 55.5 cm³/mol. The van der Waals surface area contributed by atoms with Crippen molar-refractivity contribution in [1.29, 1.82) is 0 Å². The van der Waals surface area contributed by atoms with Crippen LogP contribution in [-0.4, -0.2) is 29.4 Å². The smallest absolute Gasteiger partial charge is 0.0855 e. The van der Waals surface area contributed by atoms with Gasteiger partial charge in [0.15, 0.2) is 0 Å². The van der Waals surface area contributed by atoms with Gasteiger partial charge in [0.05, 0.1) is 12.3 Å². The van der Waals surface area contributed by atoms with Crippen molar-refractivity contribution in [1.82, 2.24) is 4.90 Å². The summed E-state index contributed by atoms with van der Waals surface area (Å²) in [6.07, 6.45) is 9.19. The Bertz CT molecular complexity index is 189. The first-order chi connectivity index (χ1) is 4.84. The quantitative estimate of drug-likeness (QED) is 0.337. The Balaban J connectivity index is 0.000001000. The molecule has 3 nitrogen and oxygen atoms in total. The molecule has 1 aliphatic rings. The first-order valence-electron chi connectivity index (χ1n) is 3.09. The van der Waals surface area contributed by atoms with Crippen LogP contribution in [0.1, 0.15) is 0 Å². The molecule has 0 aliphatic carbocycles. The highest BCUT2D eigenvalue weighted by molar-refractivity contribution is 14.0. The van der Waals surface area contributed by atoms with E-state index in [-0.39, 0.29) is 30.0 Å². The molecule has 0 spiro atoms. The van der Waals surface area contributed by atoms with E-state index in [2.05, 4.69) is 5.16 Å². The Labute approximate surface area is 83.1 Å². The maximum Gasteiger partial charge on any atom is 0.0855 e. The molecule has 0 fully saturated rings. The zero-order valence-electron chi connectivity index (χ0n) is 6.21. The first-order valence-corrected chi connectivity index (χ1v) is 3.09. The SMILES string of the molecule is CN1C=CC=CC1C=NO.I. The molecule has 1 atom stereocenters. The van der Waals surface area contributed by atoms with Gasteiger partial charge in [-0.15, -0.1) is 24.0 Å². The lowest BCUT2D eigenvalue weighted by Crippen LogP contribution is -2.27. The van der Waals surface area contributed by atoms with Gasteiger partial charge in [-0.2, -0.15) is 0 Å². The number of hydrogen-bond acceptors (Lipinski definition) is 3. The monoisotopic (exact) mass is 266 g/mol. The number of hydrogen-bond donors (Lipinski definition) is 1. The molecular formula is C7H11IN2O. The lowest BCUT2D eigenvalue weighted by atomic mass is 10.2. The fourth-order valence-corrected chi connectivity index (χ4v) is 0.822. The molecule has 0 amide bonds. The normalized spacial score (nSPS) is 22.3. The van der Waals surface area contributed by atoms with Crippen molar-refractivity contribution >= 4 is 30.2 Å². The third-order valence-electron chi connectivity index (χ3n) is 1.43. The molecule has 11 heavy (non-hydrogen) atoms. The van der Waals surface area contributed by atoms with E-state index < -0.39 is 0 Å². The summed E-state index contributed by atoms with van der Waals surface area (Å²) in [6.45, 7) is 0. The molecule has 1 heterocycles. The highest BCUT2D eigenvalue weighted by atomic mass is 127. The van der Waals surface area contributed by atoms with Crippen molar-refractivity contribution in [3.05, 3.63) is 24.4 Å². The molecule has 1 unspecified atom stereocenters. The number of halogens is 1. The summed E-state index contributed by atoms with van der Waals surface area (Å²) in [5.41, 5.74) is 0. The van der Waals surface area contributed by atoms with Gasteiger partial charge in [0.25, 0.3) is 0 Å². The van der Waals surface area contributed by atoms with Crippen molar-refractivity contribution in [2.24, 2.45) is 5.16 Å². The summed E-state index contributed by atoms with van der Waals surface area (Å²) in [4.78, 5) is 1.94. The molecule has 0 aromatic carbocycles. The van der Waals surface area contributed by atoms with Crippen LogP contribution in [0.3, 0.4) is 0 Å². The van der Waals surface area contributed by atoms with Gasteiger partial charge in [-0.05, 0) is 12.3 Å². The third-order valence-corrected chi connectivity index (χ3v) is 1.43. The largest absolute Gasteiger partial charge is 0.411 e. The molecule has 1 aliphatic heterocycles. The Morgan fingerprint density at radius 3 is 2.82 bits per heavy atom. The van der Waals surface area contributed by atoms with Crippen molar-refractivity contribution in [2.45, 2.75) is 6.04 Å². The van der Waals surface area contributed by atoms with Crippen LogP contribution >= 0.6 is 24.0 Å². The second-order valence-electron chi connectivity index (χ2n) is 2.15. The second kappa shape index (κ2) is 5.17. The fourth-order valence-electron chi connectivity index (χ4n) is 0.822. The number of rotatable bonds is 1. The van der Waals surface area contributed by atoms with E-state index in [1.165, 1.54) is 6.21 Å². The van der Waals surface area contributed by atoms with Crippen molar-refractivity contribution in [2.75, 3.05) is 7.05 Å². The van der Waals surface area contributed by atoms with E-state index in [4.69, 9.17) is 5.21 Å². The van der Waals surface area contributed by atoms with Gasteiger partial charge in [-0.3, -0.25) is 0 Å². The number of nitrogens with zero attached hydrogens (tertiary/aromatic N) is 2. The van der Waals surface area contributed by atoms with E-state index in [0.29, 0.717) is 0 Å². The fraction of sp³-hybridized carbons (Fsp3) is 0.286. The van der Waals surface area contributed by atoms with E-state index in [0.717, 1.165) is 0 Å². The maximum atomic E-state index is 8.22. The summed E-state index contributed by atoms with van der Waals surface area (Å²) >= 11 is 0. The molecule has 4 heteroatoms. The molecule has 0 radical (unpaired) electrons. The van der Waals surface area contributed by atoms with Gasteiger partial charge >= 0.3 is 0 Å². The van der Waals surface area contributed by atoms with Crippen LogP contribution in [0, 0.1) is 0 Å². The molecule has 0 aromatic heterocycles. The zero-order chi connectivity index (χ0) is 7.40. The summed E-state index contributed by atoms with van der Waals surface area (Å²) < 4.78 is 0. The topological polar surface area (TPSA) is 35.8 Å². The minimum Gasteiger partial charge on any atom is -0.411 e. The maximum absolute atomic E-state index is 8.22. The molecule has 62 valence electrons. The van der Waals surface area contributed by atoms with Crippen LogP contribution in [0.2, 0.25) is 0 Å². The Hall–Kier alpha value is -0.520. The van der Waals surface area contributed by atoms with Gasteiger partial charge in [0, 0.05) is 7.05 Å². The van der Waals surface area contributed by atoms with E-state index >= 15 is 0 Å².